The highest BCUT2D eigenvalue weighted by molar-refractivity contribution is 5.79. The lowest BCUT2D eigenvalue weighted by Gasteiger charge is -2.45. The number of hydrogen-bond donors (Lipinski definition) is 1. The van der Waals surface area contributed by atoms with Gasteiger partial charge in [-0.25, -0.2) is 0 Å². The van der Waals surface area contributed by atoms with Gasteiger partial charge >= 0.3 is 0 Å². The molecule has 1 amide bonds. The molecule has 0 heterocycles. The molecule has 0 atom stereocenters. The van der Waals surface area contributed by atoms with Crippen molar-refractivity contribution in [3.05, 3.63) is 0 Å². The van der Waals surface area contributed by atoms with Gasteiger partial charge < -0.3 is 10.6 Å². The molecule has 0 unspecified atom stereocenters. The summed E-state index contributed by atoms with van der Waals surface area (Å²) in [5, 5.41) is 0. The molecule has 0 saturated heterocycles. The number of nitrogens with zero attached hydrogens (tertiary/aromatic N) is 2. The Morgan fingerprint density at radius 2 is 1.80 bits per heavy atom. The van der Waals surface area contributed by atoms with Crippen molar-refractivity contribution in [2.24, 2.45) is 5.73 Å². The molecule has 20 heavy (non-hydrogen) atoms. The Morgan fingerprint density at radius 1 is 1.15 bits per heavy atom. The molecule has 4 nitrogen and oxygen atoms in total. The standard InChI is InChI=1S/C16H31N3O/c1-3-18(16(13-17)10-6-5-7-11-16)12-15(20)19(4-2)14-8-9-14/h14H,3-13,17H2,1-2H3. The van der Waals surface area contributed by atoms with E-state index in [0.29, 0.717) is 25.0 Å². The van der Waals surface area contributed by atoms with Crippen molar-refractivity contribution in [3.8, 4) is 0 Å². The summed E-state index contributed by atoms with van der Waals surface area (Å²) in [5.41, 5.74) is 6.18. The topological polar surface area (TPSA) is 49.6 Å². The van der Waals surface area contributed by atoms with Crippen molar-refractivity contribution < 1.29 is 4.79 Å². The molecule has 0 bridgehead atoms. The highest BCUT2D eigenvalue weighted by atomic mass is 16.2. The lowest BCUT2D eigenvalue weighted by Crippen LogP contribution is -2.57. The summed E-state index contributed by atoms with van der Waals surface area (Å²) in [6, 6.07) is 0.520. The quantitative estimate of drug-likeness (QED) is 0.776. The van der Waals surface area contributed by atoms with E-state index in [1.807, 2.05) is 0 Å². The summed E-state index contributed by atoms with van der Waals surface area (Å²) in [6.45, 7) is 7.25. The fourth-order valence-corrected chi connectivity index (χ4v) is 3.75. The van der Waals surface area contributed by atoms with Crippen LogP contribution in [0.25, 0.3) is 0 Å². The maximum absolute atomic E-state index is 12.6. The normalized spacial score (nSPS) is 22.0. The molecule has 2 aliphatic carbocycles. The molecule has 2 N–H and O–H groups in total. The Labute approximate surface area is 123 Å². The lowest BCUT2D eigenvalue weighted by atomic mass is 9.80. The van der Waals surface area contributed by atoms with Gasteiger partial charge in [-0.2, -0.15) is 0 Å². The van der Waals surface area contributed by atoms with E-state index >= 15 is 0 Å². The van der Waals surface area contributed by atoms with Crippen LogP contribution in [0.3, 0.4) is 0 Å². The minimum atomic E-state index is 0.0750. The molecule has 2 saturated carbocycles. The van der Waals surface area contributed by atoms with Crippen LogP contribution in [0.4, 0.5) is 0 Å². The van der Waals surface area contributed by atoms with Crippen LogP contribution in [0.15, 0.2) is 0 Å². The van der Waals surface area contributed by atoms with Crippen LogP contribution in [0, 0.1) is 0 Å². The van der Waals surface area contributed by atoms with Crippen LogP contribution < -0.4 is 5.73 Å². The van der Waals surface area contributed by atoms with E-state index < -0.39 is 0 Å². The summed E-state index contributed by atoms with van der Waals surface area (Å²) < 4.78 is 0. The SMILES string of the molecule is CCN(C(=O)CN(CC)C1(CN)CCCCC1)C1CC1. The third kappa shape index (κ3) is 3.34. The second kappa shape index (κ2) is 6.90. The van der Waals surface area contributed by atoms with Crippen LogP contribution in [-0.4, -0.2) is 53.5 Å². The van der Waals surface area contributed by atoms with Gasteiger partial charge in [-0.3, -0.25) is 9.69 Å². The van der Waals surface area contributed by atoms with Crippen molar-refractivity contribution in [1.82, 2.24) is 9.80 Å². The zero-order chi connectivity index (χ0) is 14.6. The number of carbonyl (C=O) groups excluding carboxylic acids is 1. The molecule has 0 spiro atoms. The van der Waals surface area contributed by atoms with Gasteiger partial charge in [0.05, 0.1) is 6.54 Å². The Kier molecular flexibility index (Phi) is 5.44. The van der Waals surface area contributed by atoms with Crippen LogP contribution >= 0.6 is 0 Å². The fourth-order valence-electron chi connectivity index (χ4n) is 3.75. The average molecular weight is 281 g/mol. The van der Waals surface area contributed by atoms with E-state index in [4.69, 9.17) is 5.73 Å². The Balaban J connectivity index is 2.01. The molecular formula is C16H31N3O. The lowest BCUT2D eigenvalue weighted by molar-refractivity contribution is -0.134. The van der Waals surface area contributed by atoms with E-state index in [0.717, 1.165) is 25.9 Å². The first kappa shape index (κ1) is 15.8. The van der Waals surface area contributed by atoms with E-state index in [9.17, 15) is 4.79 Å². The molecule has 0 aliphatic heterocycles. The Bertz CT molecular complexity index is 322. The van der Waals surface area contributed by atoms with Gasteiger partial charge in [-0.05, 0) is 39.2 Å². The van der Waals surface area contributed by atoms with Crippen LogP contribution in [-0.2, 0) is 4.79 Å². The number of likely N-dealkylation sites (N-methyl/N-ethyl adjacent to an activating group) is 2. The number of rotatable bonds is 7. The predicted molar refractivity (Wildman–Crippen MR) is 82.5 cm³/mol. The highest BCUT2D eigenvalue weighted by Crippen LogP contribution is 2.33. The minimum absolute atomic E-state index is 0.0750. The van der Waals surface area contributed by atoms with Gasteiger partial charge in [0, 0.05) is 24.7 Å². The van der Waals surface area contributed by atoms with Crippen LogP contribution in [0.5, 0.6) is 0 Å². The molecule has 0 aromatic carbocycles. The van der Waals surface area contributed by atoms with Crippen molar-refractivity contribution in [3.63, 3.8) is 0 Å². The molecule has 116 valence electrons. The summed E-state index contributed by atoms with van der Waals surface area (Å²) in [4.78, 5) is 17.0. The zero-order valence-electron chi connectivity index (χ0n) is 13.2. The highest BCUT2D eigenvalue weighted by Gasteiger charge is 2.39. The van der Waals surface area contributed by atoms with Crippen molar-refractivity contribution in [2.45, 2.75) is 70.4 Å². The molecule has 2 aliphatic rings. The largest absolute Gasteiger partial charge is 0.339 e. The summed E-state index contributed by atoms with van der Waals surface area (Å²) in [6.07, 6.45) is 8.50. The van der Waals surface area contributed by atoms with E-state index in [-0.39, 0.29) is 5.54 Å². The van der Waals surface area contributed by atoms with E-state index in [1.54, 1.807) is 0 Å². The van der Waals surface area contributed by atoms with Crippen molar-refractivity contribution >= 4 is 5.91 Å². The predicted octanol–water partition coefficient (Wildman–Crippen LogP) is 1.98. The number of hydrogen-bond acceptors (Lipinski definition) is 3. The van der Waals surface area contributed by atoms with Gasteiger partial charge in [-0.15, -0.1) is 0 Å². The molecule has 0 radical (unpaired) electrons. The third-order valence-electron chi connectivity index (χ3n) is 5.19. The fraction of sp³-hybridized carbons (Fsp3) is 0.938. The van der Waals surface area contributed by atoms with Crippen LogP contribution in [0.1, 0.15) is 58.8 Å². The maximum Gasteiger partial charge on any atom is 0.237 e. The van der Waals surface area contributed by atoms with Gasteiger partial charge in [-0.1, -0.05) is 26.2 Å². The molecule has 0 aromatic rings. The Morgan fingerprint density at radius 3 is 2.25 bits per heavy atom. The van der Waals surface area contributed by atoms with E-state index in [1.165, 1.54) is 32.1 Å². The van der Waals surface area contributed by atoms with Gasteiger partial charge in [0.25, 0.3) is 0 Å². The number of carbonyl (C=O) groups is 1. The van der Waals surface area contributed by atoms with Crippen LogP contribution in [0.2, 0.25) is 0 Å². The first-order chi connectivity index (χ1) is 9.66. The van der Waals surface area contributed by atoms with Gasteiger partial charge in [0.2, 0.25) is 5.91 Å². The molecule has 2 fully saturated rings. The summed E-state index contributed by atoms with van der Waals surface area (Å²) in [7, 11) is 0. The van der Waals surface area contributed by atoms with Crippen molar-refractivity contribution in [1.29, 1.82) is 0 Å². The molecule has 0 aromatic heterocycles. The number of nitrogens with two attached hydrogens (primary N) is 1. The first-order valence-electron chi connectivity index (χ1n) is 8.41. The average Bonchev–Trinajstić information content (AvgIpc) is 3.31. The number of amides is 1. The monoisotopic (exact) mass is 281 g/mol. The minimum Gasteiger partial charge on any atom is -0.339 e. The molecular weight excluding hydrogens is 250 g/mol. The van der Waals surface area contributed by atoms with E-state index in [2.05, 4.69) is 23.6 Å². The summed E-state index contributed by atoms with van der Waals surface area (Å²) in [5.74, 6) is 0.301. The second-order valence-corrected chi connectivity index (χ2v) is 6.41. The zero-order valence-corrected chi connectivity index (χ0v) is 13.2. The van der Waals surface area contributed by atoms with Gasteiger partial charge in [0.15, 0.2) is 0 Å². The maximum atomic E-state index is 12.6. The Hall–Kier alpha value is -0.610. The van der Waals surface area contributed by atoms with Crippen molar-refractivity contribution in [2.75, 3.05) is 26.2 Å². The third-order valence-corrected chi connectivity index (χ3v) is 5.19. The summed E-state index contributed by atoms with van der Waals surface area (Å²) >= 11 is 0. The van der Waals surface area contributed by atoms with Gasteiger partial charge in [0.1, 0.15) is 0 Å². The second-order valence-electron chi connectivity index (χ2n) is 6.41. The molecule has 4 heteroatoms. The smallest absolute Gasteiger partial charge is 0.237 e. The molecule has 2 rings (SSSR count). The first-order valence-corrected chi connectivity index (χ1v) is 8.41.